The molecule has 0 spiro atoms. The van der Waals surface area contributed by atoms with E-state index < -0.39 is 0 Å². The summed E-state index contributed by atoms with van der Waals surface area (Å²) in [6, 6.07) is 15.0. The third-order valence-corrected chi connectivity index (χ3v) is 5.40. The lowest BCUT2D eigenvalue weighted by Gasteiger charge is -2.17. The largest absolute Gasteiger partial charge is 0.379 e. The van der Waals surface area contributed by atoms with Crippen LogP contribution in [0.3, 0.4) is 0 Å². The van der Waals surface area contributed by atoms with Gasteiger partial charge >= 0.3 is 0 Å². The molecule has 1 N–H and O–H groups in total. The minimum atomic E-state index is 0.236. The number of rotatable bonds is 6. The summed E-state index contributed by atoms with van der Waals surface area (Å²) in [5.74, 6) is 0.896. The molecule has 0 unspecified atom stereocenters. The van der Waals surface area contributed by atoms with Crippen LogP contribution in [-0.2, 0) is 6.54 Å². The Balaban J connectivity index is 1.86. The second-order valence-corrected chi connectivity index (χ2v) is 8.48. The van der Waals surface area contributed by atoms with Crippen LogP contribution in [0.25, 0.3) is 22.3 Å². The van der Waals surface area contributed by atoms with E-state index in [-0.39, 0.29) is 6.04 Å². The van der Waals surface area contributed by atoms with Crippen LogP contribution in [0.5, 0.6) is 0 Å². The Morgan fingerprint density at radius 2 is 1.81 bits per heavy atom. The first kappa shape index (κ1) is 20.8. The van der Waals surface area contributed by atoms with E-state index in [1.807, 2.05) is 38.2 Å². The monoisotopic (exact) mass is 414 g/mol. The molecule has 0 radical (unpaired) electrons. The van der Waals surface area contributed by atoms with Gasteiger partial charge in [0.2, 0.25) is 0 Å². The van der Waals surface area contributed by atoms with Crippen molar-refractivity contribution in [3.63, 3.8) is 0 Å². The first-order chi connectivity index (χ1) is 14.8. The van der Waals surface area contributed by atoms with Crippen LogP contribution in [0.4, 0.5) is 11.5 Å². The average molecular weight is 415 g/mol. The number of aromatic nitrogens is 4. The van der Waals surface area contributed by atoms with E-state index in [1.165, 1.54) is 11.1 Å². The highest BCUT2D eigenvalue weighted by Crippen LogP contribution is 2.34. The first-order valence-electron chi connectivity index (χ1n) is 10.7. The van der Waals surface area contributed by atoms with E-state index in [2.05, 4.69) is 72.2 Å². The number of aryl methyl sites for hydroxylation is 2. The fraction of sp³-hybridized carbons (Fsp3) is 0.320. The number of hydrogen-bond acceptors (Lipinski definition) is 5. The highest BCUT2D eigenvalue weighted by molar-refractivity contribution is 5.93. The molecule has 31 heavy (non-hydrogen) atoms. The summed E-state index contributed by atoms with van der Waals surface area (Å²) in [6.07, 6.45) is 1.82. The van der Waals surface area contributed by atoms with Gasteiger partial charge in [-0.15, -0.1) is 0 Å². The molecule has 0 aliphatic rings. The zero-order valence-corrected chi connectivity index (χ0v) is 19.1. The van der Waals surface area contributed by atoms with Crippen LogP contribution < -0.4 is 10.2 Å². The van der Waals surface area contributed by atoms with Crippen LogP contribution in [0.1, 0.15) is 36.7 Å². The standard InChI is InChI=1S/C25H30N6/c1-16(2)31-24-22(27-15-19-11-9-17(3)10-12-19)14-21(28-23(24)18(4)29-31)20-8-7-13-26-25(20)30(5)6/h7-14,16H,15H2,1-6H3,(H,27,28). The number of hydrogen-bond donors (Lipinski definition) is 1. The lowest BCUT2D eigenvalue weighted by atomic mass is 10.1. The quantitative estimate of drug-likeness (QED) is 0.460. The van der Waals surface area contributed by atoms with E-state index in [1.54, 1.807) is 0 Å². The Kier molecular flexibility index (Phi) is 5.63. The van der Waals surface area contributed by atoms with E-state index in [0.717, 1.165) is 46.0 Å². The SMILES string of the molecule is Cc1ccc(CNc2cc(-c3cccnc3N(C)C)nc3c(C)nn(C(C)C)c23)cc1. The molecule has 6 nitrogen and oxygen atoms in total. The molecule has 0 aliphatic carbocycles. The number of fused-ring (bicyclic) bond motifs is 1. The summed E-state index contributed by atoms with van der Waals surface area (Å²) in [5.41, 5.74) is 8.32. The highest BCUT2D eigenvalue weighted by Gasteiger charge is 2.19. The van der Waals surface area contributed by atoms with Crippen LogP contribution in [-0.4, -0.2) is 33.8 Å². The van der Waals surface area contributed by atoms with Gasteiger partial charge in [-0.3, -0.25) is 4.68 Å². The van der Waals surface area contributed by atoms with Gasteiger partial charge in [-0.2, -0.15) is 5.10 Å². The average Bonchev–Trinajstić information content (AvgIpc) is 3.10. The summed E-state index contributed by atoms with van der Waals surface area (Å²) >= 11 is 0. The minimum absolute atomic E-state index is 0.236. The lowest BCUT2D eigenvalue weighted by molar-refractivity contribution is 0.547. The van der Waals surface area contributed by atoms with Crippen LogP contribution in [0.15, 0.2) is 48.7 Å². The molecule has 0 bridgehead atoms. The molecule has 0 fully saturated rings. The van der Waals surface area contributed by atoms with Gasteiger partial charge in [-0.1, -0.05) is 29.8 Å². The topological polar surface area (TPSA) is 58.9 Å². The smallest absolute Gasteiger partial charge is 0.137 e. The van der Waals surface area contributed by atoms with E-state index >= 15 is 0 Å². The van der Waals surface area contributed by atoms with E-state index in [9.17, 15) is 0 Å². The van der Waals surface area contributed by atoms with Crippen molar-refractivity contribution in [3.05, 3.63) is 65.5 Å². The zero-order valence-electron chi connectivity index (χ0n) is 19.1. The molecule has 4 aromatic rings. The van der Waals surface area contributed by atoms with Gasteiger partial charge in [0.05, 0.1) is 17.1 Å². The van der Waals surface area contributed by atoms with E-state index in [4.69, 9.17) is 10.1 Å². The Morgan fingerprint density at radius 1 is 1.06 bits per heavy atom. The molecule has 3 heterocycles. The summed E-state index contributed by atoms with van der Waals surface area (Å²) < 4.78 is 2.06. The Bertz CT molecular complexity index is 1200. The number of nitrogens with one attached hydrogen (secondary N) is 1. The second-order valence-electron chi connectivity index (χ2n) is 8.48. The molecular weight excluding hydrogens is 384 g/mol. The maximum Gasteiger partial charge on any atom is 0.137 e. The van der Waals surface area contributed by atoms with Gasteiger partial charge in [0.25, 0.3) is 0 Å². The Morgan fingerprint density at radius 3 is 2.48 bits per heavy atom. The first-order valence-corrected chi connectivity index (χ1v) is 10.7. The number of pyridine rings is 2. The third kappa shape index (κ3) is 4.10. The Hall–Kier alpha value is -3.41. The third-order valence-electron chi connectivity index (χ3n) is 5.40. The van der Waals surface area contributed by atoms with Crippen LogP contribution in [0.2, 0.25) is 0 Å². The molecule has 3 aromatic heterocycles. The molecule has 1 aromatic carbocycles. The van der Waals surface area contributed by atoms with Crippen molar-refractivity contribution in [2.45, 2.75) is 40.3 Å². The van der Waals surface area contributed by atoms with Gasteiger partial charge in [0.15, 0.2) is 0 Å². The molecule has 160 valence electrons. The maximum absolute atomic E-state index is 5.03. The predicted octanol–water partition coefficient (Wildman–Crippen LogP) is 5.37. The van der Waals surface area contributed by atoms with Crippen molar-refractivity contribution >= 4 is 22.5 Å². The fourth-order valence-corrected chi connectivity index (χ4v) is 3.78. The summed E-state index contributed by atoms with van der Waals surface area (Å²) in [5, 5.41) is 8.45. The van der Waals surface area contributed by atoms with Crippen molar-refractivity contribution in [3.8, 4) is 11.3 Å². The zero-order chi connectivity index (χ0) is 22.1. The van der Waals surface area contributed by atoms with Crippen LogP contribution >= 0.6 is 0 Å². The number of benzene rings is 1. The highest BCUT2D eigenvalue weighted by atomic mass is 15.3. The van der Waals surface area contributed by atoms with E-state index in [0.29, 0.717) is 0 Å². The van der Waals surface area contributed by atoms with Gasteiger partial charge in [-0.05, 0) is 51.5 Å². The molecule has 0 atom stereocenters. The summed E-state index contributed by atoms with van der Waals surface area (Å²) in [4.78, 5) is 11.6. The Labute approximate surface area is 184 Å². The molecule has 0 saturated heterocycles. The predicted molar refractivity (Wildman–Crippen MR) is 129 cm³/mol. The molecule has 6 heteroatoms. The molecule has 0 amide bonds. The summed E-state index contributed by atoms with van der Waals surface area (Å²) in [7, 11) is 4.01. The second kappa shape index (κ2) is 8.38. The maximum atomic E-state index is 5.03. The van der Waals surface area contributed by atoms with Gasteiger partial charge < -0.3 is 10.2 Å². The van der Waals surface area contributed by atoms with Crippen molar-refractivity contribution in [2.75, 3.05) is 24.3 Å². The van der Waals surface area contributed by atoms with Crippen LogP contribution in [0, 0.1) is 13.8 Å². The van der Waals surface area contributed by atoms with Gasteiger partial charge in [0.1, 0.15) is 16.9 Å². The lowest BCUT2D eigenvalue weighted by Crippen LogP contribution is -2.12. The minimum Gasteiger partial charge on any atom is -0.379 e. The molecule has 0 saturated carbocycles. The van der Waals surface area contributed by atoms with Crippen molar-refractivity contribution in [1.82, 2.24) is 19.7 Å². The fourth-order valence-electron chi connectivity index (χ4n) is 3.78. The normalized spacial score (nSPS) is 11.3. The van der Waals surface area contributed by atoms with Crippen molar-refractivity contribution < 1.29 is 0 Å². The summed E-state index contributed by atoms with van der Waals surface area (Å²) in [6.45, 7) is 9.16. The van der Waals surface area contributed by atoms with Gasteiger partial charge in [-0.25, -0.2) is 9.97 Å². The van der Waals surface area contributed by atoms with Crippen molar-refractivity contribution in [2.24, 2.45) is 0 Å². The van der Waals surface area contributed by atoms with Gasteiger partial charge in [0, 0.05) is 38.4 Å². The van der Waals surface area contributed by atoms with Crippen molar-refractivity contribution in [1.29, 1.82) is 0 Å². The number of nitrogens with zero attached hydrogens (tertiary/aromatic N) is 5. The molecule has 0 aliphatic heterocycles. The number of anilines is 2. The molecule has 4 rings (SSSR count). The molecular formula is C25H30N6.